The Morgan fingerprint density at radius 1 is 1.50 bits per heavy atom. The molecule has 1 heterocycles. The molecule has 4 heteroatoms. The molecular formula is C10H4FNOS. The van der Waals surface area contributed by atoms with E-state index in [2.05, 4.69) is 0 Å². The van der Waals surface area contributed by atoms with Gasteiger partial charge in [-0.05, 0) is 18.2 Å². The molecule has 0 N–H and O–H groups in total. The maximum atomic E-state index is 12.8. The minimum Gasteiger partial charge on any atom is -0.298 e. The van der Waals surface area contributed by atoms with E-state index in [-0.39, 0.29) is 5.82 Å². The molecule has 0 fully saturated rings. The summed E-state index contributed by atoms with van der Waals surface area (Å²) in [5, 5.41) is 9.37. The van der Waals surface area contributed by atoms with Gasteiger partial charge in [0.05, 0.1) is 5.56 Å². The van der Waals surface area contributed by atoms with E-state index >= 15 is 0 Å². The first-order valence-electron chi connectivity index (χ1n) is 3.83. The number of nitrogens with zero attached hydrogens (tertiary/aromatic N) is 1. The lowest BCUT2D eigenvalue weighted by atomic mass is 10.1. The van der Waals surface area contributed by atoms with Crippen molar-refractivity contribution in [3.05, 3.63) is 34.5 Å². The molecule has 0 aliphatic heterocycles. The van der Waals surface area contributed by atoms with Crippen LogP contribution in [0.2, 0.25) is 0 Å². The monoisotopic (exact) mass is 205 g/mol. The quantitative estimate of drug-likeness (QED) is 0.671. The van der Waals surface area contributed by atoms with Crippen LogP contribution in [0.3, 0.4) is 0 Å². The van der Waals surface area contributed by atoms with E-state index in [4.69, 9.17) is 5.26 Å². The minimum atomic E-state index is -0.360. The summed E-state index contributed by atoms with van der Waals surface area (Å²) in [6.45, 7) is 0. The molecule has 0 unspecified atom stereocenters. The number of thiophene rings is 1. The van der Waals surface area contributed by atoms with Gasteiger partial charge in [0.1, 0.15) is 16.8 Å². The number of benzene rings is 1. The molecule has 0 spiro atoms. The highest BCUT2D eigenvalue weighted by Gasteiger charge is 2.11. The number of nitriles is 1. The fourth-order valence-electron chi connectivity index (χ4n) is 1.29. The molecule has 0 aliphatic rings. The normalized spacial score (nSPS) is 10.0. The lowest BCUT2D eigenvalue weighted by Gasteiger charge is -1.89. The molecule has 0 amide bonds. The second-order valence-electron chi connectivity index (χ2n) is 2.71. The van der Waals surface area contributed by atoms with Crippen molar-refractivity contribution in [2.24, 2.45) is 0 Å². The lowest BCUT2D eigenvalue weighted by molar-refractivity contribution is 0.112. The number of hydrogen-bond donors (Lipinski definition) is 0. The third kappa shape index (κ3) is 1.19. The van der Waals surface area contributed by atoms with E-state index in [0.29, 0.717) is 26.8 Å². The summed E-state index contributed by atoms with van der Waals surface area (Å²) in [6.07, 6.45) is 0.634. The number of fused-ring (bicyclic) bond motifs is 1. The molecule has 1 aromatic carbocycles. The fourth-order valence-corrected chi connectivity index (χ4v) is 2.28. The Kier molecular flexibility index (Phi) is 2.02. The largest absolute Gasteiger partial charge is 0.298 e. The Balaban J connectivity index is 2.88. The van der Waals surface area contributed by atoms with Crippen LogP contribution in [0.1, 0.15) is 15.2 Å². The van der Waals surface area contributed by atoms with Crippen molar-refractivity contribution < 1.29 is 9.18 Å². The Morgan fingerprint density at radius 2 is 2.29 bits per heavy atom. The van der Waals surface area contributed by atoms with Crippen LogP contribution in [-0.4, -0.2) is 6.29 Å². The summed E-state index contributed by atoms with van der Waals surface area (Å²) in [5.41, 5.74) is 0.354. The van der Waals surface area contributed by atoms with E-state index in [9.17, 15) is 9.18 Å². The van der Waals surface area contributed by atoms with Crippen molar-refractivity contribution in [1.29, 1.82) is 5.26 Å². The van der Waals surface area contributed by atoms with E-state index in [1.165, 1.54) is 18.2 Å². The van der Waals surface area contributed by atoms with Gasteiger partial charge >= 0.3 is 0 Å². The average molecular weight is 205 g/mol. The van der Waals surface area contributed by atoms with Crippen molar-refractivity contribution >= 4 is 27.7 Å². The molecular weight excluding hydrogens is 201 g/mol. The zero-order valence-corrected chi connectivity index (χ0v) is 7.77. The molecule has 14 heavy (non-hydrogen) atoms. The number of carbonyl (C=O) groups is 1. The van der Waals surface area contributed by atoms with Crippen LogP contribution in [-0.2, 0) is 0 Å². The number of aldehydes is 1. The number of hydrogen-bond acceptors (Lipinski definition) is 3. The lowest BCUT2D eigenvalue weighted by Crippen LogP contribution is -1.80. The highest BCUT2D eigenvalue weighted by atomic mass is 32.1. The van der Waals surface area contributed by atoms with Crippen LogP contribution in [0.5, 0.6) is 0 Å². The van der Waals surface area contributed by atoms with Gasteiger partial charge in [0.15, 0.2) is 6.29 Å². The van der Waals surface area contributed by atoms with Crippen molar-refractivity contribution in [1.82, 2.24) is 0 Å². The van der Waals surface area contributed by atoms with Crippen LogP contribution in [0.15, 0.2) is 18.2 Å². The second-order valence-corrected chi connectivity index (χ2v) is 3.77. The molecule has 1 aromatic heterocycles. The summed E-state index contributed by atoms with van der Waals surface area (Å²) >= 11 is 1.13. The van der Waals surface area contributed by atoms with Crippen LogP contribution in [0.25, 0.3) is 10.1 Å². The zero-order valence-electron chi connectivity index (χ0n) is 6.95. The molecule has 0 radical (unpaired) electrons. The topological polar surface area (TPSA) is 40.9 Å². The van der Waals surface area contributed by atoms with Crippen molar-refractivity contribution in [3.8, 4) is 6.07 Å². The highest BCUT2D eigenvalue weighted by molar-refractivity contribution is 7.20. The molecule has 2 aromatic rings. The zero-order chi connectivity index (χ0) is 10.1. The van der Waals surface area contributed by atoms with Crippen LogP contribution in [0, 0.1) is 17.1 Å². The molecule has 0 atom stereocenters. The average Bonchev–Trinajstić information content (AvgIpc) is 2.54. The maximum Gasteiger partial charge on any atom is 0.152 e. The smallest absolute Gasteiger partial charge is 0.152 e. The SMILES string of the molecule is N#Cc1sc2cc(F)ccc2c1C=O. The Bertz CT molecular complexity index is 553. The van der Waals surface area contributed by atoms with Gasteiger partial charge in [0, 0.05) is 10.1 Å². The third-order valence-corrected chi connectivity index (χ3v) is 2.98. The van der Waals surface area contributed by atoms with E-state index in [1.807, 2.05) is 6.07 Å². The van der Waals surface area contributed by atoms with Gasteiger partial charge in [-0.2, -0.15) is 5.26 Å². The van der Waals surface area contributed by atoms with Gasteiger partial charge in [-0.15, -0.1) is 11.3 Å². The molecule has 0 aliphatic carbocycles. The highest BCUT2D eigenvalue weighted by Crippen LogP contribution is 2.29. The first-order chi connectivity index (χ1) is 6.76. The fraction of sp³-hybridized carbons (Fsp3) is 0. The predicted molar refractivity (Wildman–Crippen MR) is 51.9 cm³/mol. The van der Waals surface area contributed by atoms with Crippen LogP contribution in [0.4, 0.5) is 4.39 Å². The summed E-state index contributed by atoms with van der Waals surface area (Å²) in [5.74, 6) is -0.360. The Morgan fingerprint density at radius 3 is 2.93 bits per heavy atom. The minimum absolute atomic E-state index is 0.334. The van der Waals surface area contributed by atoms with Crippen molar-refractivity contribution in [2.75, 3.05) is 0 Å². The molecule has 2 rings (SSSR count). The van der Waals surface area contributed by atoms with Crippen molar-refractivity contribution in [3.63, 3.8) is 0 Å². The number of carbonyl (C=O) groups excluding carboxylic acids is 1. The summed E-state index contributed by atoms with van der Waals surface area (Å²) in [4.78, 5) is 11.0. The van der Waals surface area contributed by atoms with E-state index in [1.54, 1.807) is 0 Å². The second kappa shape index (κ2) is 3.20. The standard InChI is InChI=1S/C10H4FNOS/c11-6-1-2-7-8(5-13)10(4-12)14-9(7)3-6/h1-3,5H. The Hall–Kier alpha value is -1.73. The van der Waals surface area contributed by atoms with Gasteiger partial charge in [-0.3, -0.25) is 4.79 Å². The van der Waals surface area contributed by atoms with Crippen LogP contribution < -0.4 is 0 Å². The summed E-state index contributed by atoms with van der Waals surface area (Å²) in [7, 11) is 0. The van der Waals surface area contributed by atoms with Crippen molar-refractivity contribution in [2.45, 2.75) is 0 Å². The van der Waals surface area contributed by atoms with Gasteiger partial charge in [-0.25, -0.2) is 4.39 Å². The predicted octanol–water partition coefficient (Wildman–Crippen LogP) is 2.72. The van der Waals surface area contributed by atoms with E-state index in [0.717, 1.165) is 11.3 Å². The Labute approximate surface area is 83.2 Å². The van der Waals surface area contributed by atoms with Gasteiger partial charge in [-0.1, -0.05) is 0 Å². The van der Waals surface area contributed by atoms with Gasteiger partial charge in [0.25, 0.3) is 0 Å². The molecule has 68 valence electrons. The number of halogens is 1. The molecule has 2 nitrogen and oxygen atoms in total. The summed E-state index contributed by atoms with van der Waals surface area (Å²) in [6, 6.07) is 6.05. The van der Waals surface area contributed by atoms with Gasteiger partial charge in [0.2, 0.25) is 0 Å². The molecule has 0 saturated carbocycles. The van der Waals surface area contributed by atoms with E-state index < -0.39 is 0 Å². The third-order valence-electron chi connectivity index (χ3n) is 1.91. The molecule has 0 bridgehead atoms. The first kappa shape index (κ1) is 8.85. The number of rotatable bonds is 1. The van der Waals surface area contributed by atoms with Gasteiger partial charge < -0.3 is 0 Å². The maximum absolute atomic E-state index is 12.8. The molecule has 0 saturated heterocycles. The summed E-state index contributed by atoms with van der Waals surface area (Å²) < 4.78 is 13.4. The van der Waals surface area contributed by atoms with Crippen LogP contribution >= 0.6 is 11.3 Å². The first-order valence-corrected chi connectivity index (χ1v) is 4.65.